The Morgan fingerprint density at radius 3 is 2.22 bits per heavy atom. The number of carbonyl (C=O) groups is 1. The van der Waals surface area contributed by atoms with E-state index < -0.39 is 23.7 Å². The van der Waals surface area contributed by atoms with E-state index in [0.29, 0.717) is 12.8 Å². The normalized spacial score (nSPS) is 25.9. The van der Waals surface area contributed by atoms with Crippen LogP contribution in [-0.4, -0.2) is 30.7 Å². The number of nitrogens with one attached hydrogen (secondary N) is 2. The number of rotatable bonds is 3. The van der Waals surface area contributed by atoms with Crippen LogP contribution < -0.4 is 10.6 Å². The molecular weight excluding hydrogens is 245 g/mol. The highest BCUT2D eigenvalue weighted by atomic mass is 19.4. The SMILES string of the molecule is CNC(C)(C)C(=O)NC1CCCCC1C(F)(F)F. The summed E-state index contributed by atoms with van der Waals surface area (Å²) in [5, 5.41) is 5.34. The third kappa shape index (κ3) is 3.60. The largest absolute Gasteiger partial charge is 0.393 e. The molecule has 0 spiro atoms. The molecule has 1 saturated carbocycles. The summed E-state index contributed by atoms with van der Waals surface area (Å²) in [6, 6.07) is -0.793. The minimum absolute atomic E-state index is 0.106. The van der Waals surface area contributed by atoms with E-state index in [4.69, 9.17) is 0 Å². The predicted molar refractivity (Wildman–Crippen MR) is 63.1 cm³/mol. The van der Waals surface area contributed by atoms with E-state index in [0.717, 1.165) is 6.42 Å². The highest BCUT2D eigenvalue weighted by Gasteiger charge is 2.46. The van der Waals surface area contributed by atoms with Crippen LogP contribution in [-0.2, 0) is 4.79 Å². The van der Waals surface area contributed by atoms with Gasteiger partial charge < -0.3 is 10.6 Å². The molecule has 106 valence electrons. The predicted octanol–water partition coefficient (Wildman–Crippen LogP) is 2.22. The number of likely N-dealkylation sites (N-methyl/N-ethyl adjacent to an activating group) is 1. The van der Waals surface area contributed by atoms with Gasteiger partial charge in [0, 0.05) is 6.04 Å². The molecule has 1 aliphatic carbocycles. The third-order valence-electron chi connectivity index (χ3n) is 3.70. The molecule has 1 aliphatic rings. The first-order valence-electron chi connectivity index (χ1n) is 6.25. The average Bonchev–Trinajstić information content (AvgIpc) is 2.28. The number of halogens is 3. The second-order valence-electron chi connectivity index (χ2n) is 5.39. The molecule has 0 aromatic rings. The van der Waals surface area contributed by atoms with Gasteiger partial charge in [0.25, 0.3) is 0 Å². The summed E-state index contributed by atoms with van der Waals surface area (Å²) in [6.45, 7) is 3.29. The van der Waals surface area contributed by atoms with Gasteiger partial charge in [-0.3, -0.25) is 4.79 Å². The molecule has 6 heteroatoms. The lowest BCUT2D eigenvalue weighted by molar-refractivity contribution is -0.189. The molecule has 2 unspecified atom stereocenters. The molecule has 18 heavy (non-hydrogen) atoms. The van der Waals surface area contributed by atoms with Gasteiger partial charge in [0.1, 0.15) is 0 Å². The molecule has 0 radical (unpaired) electrons. The van der Waals surface area contributed by atoms with Gasteiger partial charge in [0.2, 0.25) is 5.91 Å². The van der Waals surface area contributed by atoms with Crippen molar-refractivity contribution in [2.75, 3.05) is 7.05 Å². The number of hydrogen-bond donors (Lipinski definition) is 2. The zero-order valence-electron chi connectivity index (χ0n) is 11.0. The smallest absolute Gasteiger partial charge is 0.351 e. The lowest BCUT2D eigenvalue weighted by atomic mass is 9.83. The van der Waals surface area contributed by atoms with Gasteiger partial charge in [-0.15, -0.1) is 0 Å². The number of amides is 1. The van der Waals surface area contributed by atoms with E-state index in [1.807, 2.05) is 0 Å². The van der Waals surface area contributed by atoms with Gasteiger partial charge in [-0.25, -0.2) is 0 Å². The maximum Gasteiger partial charge on any atom is 0.393 e. The average molecular weight is 266 g/mol. The van der Waals surface area contributed by atoms with Gasteiger partial charge in [0.15, 0.2) is 0 Å². The van der Waals surface area contributed by atoms with Crippen LogP contribution in [0.15, 0.2) is 0 Å². The zero-order valence-corrected chi connectivity index (χ0v) is 11.0. The summed E-state index contributed by atoms with van der Waals surface area (Å²) < 4.78 is 38.6. The molecule has 1 rings (SSSR count). The summed E-state index contributed by atoms with van der Waals surface area (Å²) in [5.74, 6) is -1.80. The summed E-state index contributed by atoms with van der Waals surface area (Å²) in [6.07, 6.45) is -2.42. The van der Waals surface area contributed by atoms with Gasteiger partial charge in [0.05, 0.1) is 11.5 Å². The van der Waals surface area contributed by atoms with Gasteiger partial charge in [-0.05, 0) is 33.7 Å². The fourth-order valence-electron chi connectivity index (χ4n) is 2.16. The molecule has 2 atom stereocenters. The first-order valence-corrected chi connectivity index (χ1v) is 6.25. The second kappa shape index (κ2) is 5.47. The van der Waals surface area contributed by atoms with Gasteiger partial charge in [-0.1, -0.05) is 12.8 Å². The molecule has 1 amide bonds. The first kappa shape index (κ1) is 15.3. The maximum atomic E-state index is 12.9. The van der Waals surface area contributed by atoms with Crippen LogP contribution in [0, 0.1) is 5.92 Å². The fourth-order valence-corrected chi connectivity index (χ4v) is 2.16. The van der Waals surface area contributed by atoms with Crippen molar-refractivity contribution in [3.05, 3.63) is 0 Å². The molecular formula is C12H21F3N2O. The summed E-state index contributed by atoms with van der Waals surface area (Å²) in [4.78, 5) is 11.9. The van der Waals surface area contributed by atoms with Crippen molar-refractivity contribution in [1.29, 1.82) is 0 Å². The first-order chi connectivity index (χ1) is 8.18. The van der Waals surface area contributed by atoms with E-state index in [1.54, 1.807) is 20.9 Å². The van der Waals surface area contributed by atoms with Gasteiger partial charge in [-0.2, -0.15) is 13.2 Å². The molecule has 2 N–H and O–H groups in total. The van der Waals surface area contributed by atoms with Crippen LogP contribution in [0.5, 0.6) is 0 Å². The number of alkyl halides is 3. The Labute approximate surface area is 106 Å². The minimum Gasteiger partial charge on any atom is -0.351 e. The quantitative estimate of drug-likeness (QED) is 0.822. The van der Waals surface area contributed by atoms with E-state index in [2.05, 4.69) is 10.6 Å². The van der Waals surface area contributed by atoms with Crippen molar-refractivity contribution in [2.24, 2.45) is 5.92 Å². The molecule has 3 nitrogen and oxygen atoms in total. The third-order valence-corrected chi connectivity index (χ3v) is 3.70. The van der Waals surface area contributed by atoms with E-state index in [1.165, 1.54) is 0 Å². The van der Waals surface area contributed by atoms with Crippen LogP contribution >= 0.6 is 0 Å². The van der Waals surface area contributed by atoms with Crippen LogP contribution in [0.4, 0.5) is 13.2 Å². The molecule has 0 bridgehead atoms. The molecule has 1 fully saturated rings. The lowest BCUT2D eigenvalue weighted by Gasteiger charge is -2.35. The van der Waals surface area contributed by atoms with E-state index in [-0.39, 0.29) is 12.3 Å². The fraction of sp³-hybridized carbons (Fsp3) is 0.917. The maximum absolute atomic E-state index is 12.9. The summed E-state index contributed by atoms with van der Waals surface area (Å²) in [7, 11) is 1.61. The van der Waals surface area contributed by atoms with Crippen LogP contribution in [0.3, 0.4) is 0 Å². The Kier molecular flexibility index (Phi) is 4.64. The monoisotopic (exact) mass is 266 g/mol. The van der Waals surface area contributed by atoms with Crippen molar-refractivity contribution >= 4 is 5.91 Å². The van der Waals surface area contributed by atoms with Crippen LogP contribution in [0.2, 0.25) is 0 Å². The van der Waals surface area contributed by atoms with E-state index >= 15 is 0 Å². The van der Waals surface area contributed by atoms with Crippen LogP contribution in [0.1, 0.15) is 39.5 Å². The van der Waals surface area contributed by atoms with Crippen molar-refractivity contribution in [2.45, 2.75) is 57.3 Å². The number of carbonyl (C=O) groups excluding carboxylic acids is 1. The van der Waals surface area contributed by atoms with E-state index in [9.17, 15) is 18.0 Å². The Morgan fingerprint density at radius 2 is 1.72 bits per heavy atom. The Balaban J connectivity index is 2.72. The topological polar surface area (TPSA) is 41.1 Å². The molecule has 0 aromatic carbocycles. The molecule has 0 heterocycles. The second-order valence-corrected chi connectivity index (χ2v) is 5.39. The van der Waals surface area contributed by atoms with Crippen molar-refractivity contribution in [1.82, 2.24) is 10.6 Å². The van der Waals surface area contributed by atoms with Gasteiger partial charge >= 0.3 is 6.18 Å². The van der Waals surface area contributed by atoms with Crippen LogP contribution in [0.25, 0.3) is 0 Å². The lowest BCUT2D eigenvalue weighted by Crippen LogP contribution is -2.57. The Bertz CT molecular complexity index is 302. The highest BCUT2D eigenvalue weighted by Crippen LogP contribution is 2.37. The summed E-state index contributed by atoms with van der Waals surface area (Å²) in [5.41, 5.74) is -0.854. The number of hydrogen-bond acceptors (Lipinski definition) is 2. The summed E-state index contributed by atoms with van der Waals surface area (Å²) >= 11 is 0. The van der Waals surface area contributed by atoms with Crippen molar-refractivity contribution in [3.8, 4) is 0 Å². The van der Waals surface area contributed by atoms with Crippen molar-refractivity contribution < 1.29 is 18.0 Å². The molecule has 0 aromatic heterocycles. The molecule has 0 aliphatic heterocycles. The standard InChI is InChI=1S/C12H21F3N2O/c1-11(2,16-3)10(18)17-9-7-5-4-6-8(9)12(13,14)15/h8-9,16H,4-7H2,1-3H3,(H,17,18). The highest BCUT2D eigenvalue weighted by molar-refractivity contribution is 5.85. The Hall–Kier alpha value is -0.780. The van der Waals surface area contributed by atoms with Crippen molar-refractivity contribution in [3.63, 3.8) is 0 Å². The molecule has 0 saturated heterocycles. The zero-order chi connectivity index (χ0) is 14.0. The minimum atomic E-state index is -4.23. The Morgan fingerprint density at radius 1 is 1.17 bits per heavy atom.